The molecule has 3 aromatic heterocycles. The zero-order chi connectivity index (χ0) is 20.2. The van der Waals surface area contributed by atoms with Crippen LogP contribution in [0.3, 0.4) is 0 Å². The average molecular weight is 395 g/mol. The fourth-order valence-corrected chi connectivity index (χ4v) is 2.77. The van der Waals surface area contributed by atoms with Gasteiger partial charge in [0.25, 0.3) is 5.89 Å². The van der Waals surface area contributed by atoms with Crippen LogP contribution in [0.15, 0.2) is 53.3 Å². The van der Waals surface area contributed by atoms with Crippen molar-refractivity contribution in [3.8, 4) is 11.6 Å². The number of amides is 1. The largest absolute Gasteiger partial charge is 0.419 e. The van der Waals surface area contributed by atoms with E-state index in [-0.39, 0.29) is 18.1 Å². The number of nitrogens with one attached hydrogen (secondary N) is 1. The maximum atomic E-state index is 13.3. The molecule has 0 radical (unpaired) electrons. The molecule has 3 heterocycles. The Kier molecular flexibility index (Phi) is 5.14. The highest BCUT2D eigenvalue weighted by atomic mass is 19.1. The van der Waals surface area contributed by atoms with Crippen LogP contribution in [0.1, 0.15) is 17.9 Å². The summed E-state index contributed by atoms with van der Waals surface area (Å²) in [6.07, 6.45) is 5.50. The van der Waals surface area contributed by atoms with Crippen molar-refractivity contribution in [2.75, 3.05) is 5.32 Å². The van der Waals surface area contributed by atoms with E-state index >= 15 is 0 Å². The van der Waals surface area contributed by atoms with Crippen LogP contribution in [0, 0.1) is 5.82 Å². The van der Waals surface area contributed by atoms with Crippen LogP contribution < -0.4 is 5.32 Å². The summed E-state index contributed by atoms with van der Waals surface area (Å²) in [6.45, 7) is 0.409. The predicted octanol–water partition coefficient (Wildman–Crippen LogP) is 2.43. The van der Waals surface area contributed by atoms with Crippen LogP contribution in [0.2, 0.25) is 0 Å². The molecular formula is C19H18FN7O2. The molecular weight excluding hydrogens is 377 g/mol. The summed E-state index contributed by atoms with van der Waals surface area (Å²) in [5.41, 5.74) is 1.93. The van der Waals surface area contributed by atoms with Gasteiger partial charge >= 0.3 is 0 Å². The number of aryl methyl sites for hydroxylation is 2. The number of nitrogens with zero attached hydrogens (tertiary/aromatic N) is 6. The summed E-state index contributed by atoms with van der Waals surface area (Å²) >= 11 is 0. The zero-order valence-corrected chi connectivity index (χ0v) is 15.6. The quantitative estimate of drug-likeness (QED) is 0.515. The first-order chi connectivity index (χ1) is 14.0. The van der Waals surface area contributed by atoms with Crippen LogP contribution in [0.5, 0.6) is 0 Å². The molecule has 1 aromatic carbocycles. The van der Waals surface area contributed by atoms with Crippen molar-refractivity contribution in [1.82, 2.24) is 29.8 Å². The molecule has 0 aliphatic carbocycles. The summed E-state index contributed by atoms with van der Waals surface area (Å²) in [4.78, 5) is 12.2. The highest BCUT2D eigenvalue weighted by molar-refractivity contribution is 5.90. The van der Waals surface area contributed by atoms with Crippen molar-refractivity contribution in [3.05, 3.63) is 66.2 Å². The molecule has 0 saturated carbocycles. The summed E-state index contributed by atoms with van der Waals surface area (Å²) in [7, 11) is 1.80. The number of benzene rings is 1. The fraction of sp³-hybridized carbons (Fsp3) is 0.211. The van der Waals surface area contributed by atoms with E-state index in [0.717, 1.165) is 5.56 Å². The average Bonchev–Trinajstić information content (AvgIpc) is 3.41. The number of hydrogen-bond donors (Lipinski definition) is 1. The number of halogens is 1. The topological polar surface area (TPSA) is 104 Å². The first-order valence-electron chi connectivity index (χ1n) is 8.94. The fourth-order valence-electron chi connectivity index (χ4n) is 2.77. The van der Waals surface area contributed by atoms with E-state index in [4.69, 9.17) is 4.42 Å². The van der Waals surface area contributed by atoms with E-state index in [9.17, 15) is 9.18 Å². The van der Waals surface area contributed by atoms with Gasteiger partial charge in [0, 0.05) is 32.3 Å². The minimum atomic E-state index is -0.296. The molecule has 10 heteroatoms. The van der Waals surface area contributed by atoms with Gasteiger partial charge in [-0.2, -0.15) is 10.2 Å². The molecule has 0 atom stereocenters. The molecule has 0 aliphatic rings. The Morgan fingerprint density at radius 3 is 2.97 bits per heavy atom. The maximum absolute atomic E-state index is 13.3. The van der Waals surface area contributed by atoms with Crippen LogP contribution in [0.25, 0.3) is 11.6 Å². The first-order valence-corrected chi connectivity index (χ1v) is 8.94. The lowest BCUT2D eigenvalue weighted by atomic mass is 10.2. The van der Waals surface area contributed by atoms with Gasteiger partial charge in [0.15, 0.2) is 0 Å². The molecule has 0 unspecified atom stereocenters. The van der Waals surface area contributed by atoms with E-state index in [0.29, 0.717) is 36.1 Å². The molecule has 29 heavy (non-hydrogen) atoms. The number of anilines is 1. The van der Waals surface area contributed by atoms with Gasteiger partial charge in [0.05, 0.1) is 18.4 Å². The molecule has 4 rings (SSSR count). The monoisotopic (exact) mass is 395 g/mol. The van der Waals surface area contributed by atoms with E-state index in [1.807, 2.05) is 6.07 Å². The molecule has 148 valence electrons. The van der Waals surface area contributed by atoms with E-state index in [1.165, 1.54) is 12.1 Å². The van der Waals surface area contributed by atoms with Gasteiger partial charge in [-0.1, -0.05) is 12.1 Å². The third-order valence-corrected chi connectivity index (χ3v) is 4.12. The predicted molar refractivity (Wildman–Crippen MR) is 101 cm³/mol. The van der Waals surface area contributed by atoms with Gasteiger partial charge in [-0.25, -0.2) is 4.39 Å². The van der Waals surface area contributed by atoms with Crippen molar-refractivity contribution < 1.29 is 13.6 Å². The number of rotatable bonds is 7. The van der Waals surface area contributed by atoms with Crippen molar-refractivity contribution in [2.24, 2.45) is 7.05 Å². The first kappa shape index (κ1) is 18.5. The number of hydrogen-bond acceptors (Lipinski definition) is 6. The molecule has 1 amide bonds. The summed E-state index contributed by atoms with van der Waals surface area (Å²) < 4.78 is 22.1. The Morgan fingerprint density at radius 1 is 1.28 bits per heavy atom. The summed E-state index contributed by atoms with van der Waals surface area (Å²) in [5.74, 6) is 0.186. The molecule has 1 N–H and O–H groups in total. The van der Waals surface area contributed by atoms with Crippen molar-refractivity contribution in [3.63, 3.8) is 0 Å². The van der Waals surface area contributed by atoms with Gasteiger partial charge in [-0.15, -0.1) is 10.2 Å². The second kappa shape index (κ2) is 8.05. The smallest absolute Gasteiger partial charge is 0.268 e. The second-order valence-corrected chi connectivity index (χ2v) is 6.48. The molecule has 0 saturated heterocycles. The normalized spacial score (nSPS) is 11.0. The lowest BCUT2D eigenvalue weighted by Crippen LogP contribution is -2.12. The summed E-state index contributed by atoms with van der Waals surface area (Å²) in [6, 6.07) is 8.07. The van der Waals surface area contributed by atoms with Crippen molar-refractivity contribution >= 4 is 11.6 Å². The van der Waals surface area contributed by atoms with E-state index in [1.54, 1.807) is 47.1 Å². The van der Waals surface area contributed by atoms with E-state index in [2.05, 4.69) is 25.7 Å². The minimum Gasteiger partial charge on any atom is -0.419 e. The van der Waals surface area contributed by atoms with Crippen molar-refractivity contribution in [2.45, 2.75) is 19.4 Å². The molecule has 0 fully saturated rings. The van der Waals surface area contributed by atoms with Crippen LogP contribution in [-0.4, -0.2) is 35.7 Å². The van der Waals surface area contributed by atoms with Gasteiger partial charge in [-0.05, 0) is 23.8 Å². The van der Waals surface area contributed by atoms with Crippen LogP contribution in [-0.2, 0) is 24.8 Å². The standard InChI is InChI=1S/C19H18FN7O2/c1-26-8-7-16(25-26)19-24-23-18(29-19)6-5-17(28)22-15-10-21-27(12-15)11-13-3-2-4-14(20)9-13/h2-4,7-10,12H,5-6,11H2,1H3,(H,22,28). The van der Waals surface area contributed by atoms with Crippen LogP contribution in [0.4, 0.5) is 10.1 Å². The molecule has 0 spiro atoms. The second-order valence-electron chi connectivity index (χ2n) is 6.48. The number of carbonyl (C=O) groups is 1. The highest BCUT2D eigenvalue weighted by Gasteiger charge is 2.13. The molecule has 0 aliphatic heterocycles. The van der Waals surface area contributed by atoms with Gasteiger partial charge in [0.2, 0.25) is 11.8 Å². The Hall–Kier alpha value is -3.82. The highest BCUT2D eigenvalue weighted by Crippen LogP contribution is 2.16. The Labute approximate surface area is 165 Å². The zero-order valence-electron chi connectivity index (χ0n) is 15.6. The van der Waals surface area contributed by atoms with Gasteiger partial charge in [0.1, 0.15) is 11.5 Å². The van der Waals surface area contributed by atoms with Gasteiger partial charge in [-0.3, -0.25) is 14.2 Å². The Morgan fingerprint density at radius 2 is 2.17 bits per heavy atom. The SMILES string of the molecule is Cn1ccc(-c2nnc(CCC(=O)Nc3cnn(Cc4cccc(F)c4)c3)o2)n1. The Balaban J connectivity index is 1.29. The maximum Gasteiger partial charge on any atom is 0.268 e. The minimum absolute atomic E-state index is 0.179. The number of aromatic nitrogens is 6. The summed E-state index contributed by atoms with van der Waals surface area (Å²) in [5, 5.41) is 19.0. The van der Waals surface area contributed by atoms with Gasteiger partial charge < -0.3 is 9.73 Å². The molecule has 0 bridgehead atoms. The molecule has 4 aromatic rings. The number of carbonyl (C=O) groups excluding carboxylic acids is 1. The Bertz CT molecular complexity index is 1130. The lowest BCUT2D eigenvalue weighted by Gasteiger charge is -2.02. The molecule has 9 nitrogen and oxygen atoms in total. The van der Waals surface area contributed by atoms with E-state index < -0.39 is 0 Å². The van der Waals surface area contributed by atoms with Crippen LogP contribution >= 0.6 is 0 Å². The third-order valence-electron chi connectivity index (χ3n) is 4.12. The lowest BCUT2D eigenvalue weighted by molar-refractivity contribution is -0.116. The third kappa shape index (κ3) is 4.72. The van der Waals surface area contributed by atoms with Crippen molar-refractivity contribution in [1.29, 1.82) is 0 Å².